The maximum absolute atomic E-state index is 14.4. The van der Waals surface area contributed by atoms with Crippen molar-refractivity contribution in [2.45, 2.75) is 34.0 Å². The smallest absolute Gasteiger partial charge is 0.245 e. The molecule has 16 heteroatoms. The molecule has 3 saturated heterocycles. The van der Waals surface area contributed by atoms with Gasteiger partial charge in [0.2, 0.25) is 20.0 Å². The summed E-state index contributed by atoms with van der Waals surface area (Å²) in [5.74, 6) is -2.62. The highest BCUT2D eigenvalue weighted by Gasteiger charge is 2.64. The molecule has 0 radical (unpaired) electrons. The molecule has 0 amide bonds. The van der Waals surface area contributed by atoms with Gasteiger partial charge < -0.3 is 0 Å². The molecule has 42 heavy (non-hydrogen) atoms. The first-order valence-corrected chi connectivity index (χ1v) is 19.5. The van der Waals surface area contributed by atoms with Crippen molar-refractivity contribution in [1.29, 1.82) is 0 Å². The Balaban J connectivity index is 1.45. The third kappa shape index (κ3) is 4.18. The molecule has 0 N–H and O–H groups in total. The van der Waals surface area contributed by atoms with Gasteiger partial charge in [-0.15, -0.1) is 0 Å². The highest BCUT2D eigenvalue weighted by atomic mass is 32.2. The van der Waals surface area contributed by atoms with E-state index in [1.54, 1.807) is 36.4 Å². The summed E-state index contributed by atoms with van der Waals surface area (Å²) >= 11 is 0. The number of piperazine rings is 1. The first kappa shape index (κ1) is 27.8. The Morgan fingerprint density at radius 2 is 0.881 bits per heavy atom. The number of aromatic nitrogens is 2. The normalized spacial score (nSPS) is 27.6. The van der Waals surface area contributed by atoms with Crippen LogP contribution < -0.4 is 0 Å². The zero-order valence-electron chi connectivity index (χ0n) is 21.8. The zero-order chi connectivity index (χ0) is 29.7. The van der Waals surface area contributed by atoms with Gasteiger partial charge >= 0.3 is 0 Å². The van der Waals surface area contributed by atoms with E-state index in [0.29, 0.717) is 10.8 Å². The van der Waals surface area contributed by atoms with Gasteiger partial charge in [0.1, 0.15) is 9.79 Å². The molecule has 4 aromatic rings. The van der Waals surface area contributed by atoms with Crippen LogP contribution in [-0.4, -0.2) is 99.4 Å². The molecule has 12 nitrogen and oxygen atoms in total. The Morgan fingerprint density at radius 1 is 0.548 bits per heavy atom. The lowest BCUT2D eigenvalue weighted by Gasteiger charge is -2.49. The lowest BCUT2D eigenvalue weighted by atomic mass is 10.0. The summed E-state index contributed by atoms with van der Waals surface area (Å²) in [5.41, 5.74) is 0.290. The molecule has 0 bridgehead atoms. The molecule has 3 aliphatic heterocycles. The minimum absolute atomic E-state index is 0.145. The second kappa shape index (κ2) is 9.24. The van der Waals surface area contributed by atoms with Crippen LogP contribution in [0.3, 0.4) is 0 Å². The van der Waals surface area contributed by atoms with Gasteiger partial charge in [0.25, 0.3) is 0 Å². The second-order valence-corrected chi connectivity index (χ2v) is 18.7. The molecule has 2 aromatic carbocycles. The third-order valence-electron chi connectivity index (χ3n) is 8.20. The molecule has 5 heterocycles. The average molecular weight is 649 g/mol. The van der Waals surface area contributed by atoms with Crippen LogP contribution in [0.25, 0.3) is 21.8 Å². The first-order valence-electron chi connectivity index (χ1n) is 13.0. The van der Waals surface area contributed by atoms with Crippen molar-refractivity contribution in [2.75, 3.05) is 23.0 Å². The molecule has 0 spiro atoms. The highest BCUT2D eigenvalue weighted by molar-refractivity contribution is 7.93. The summed E-state index contributed by atoms with van der Waals surface area (Å²) in [6, 6.07) is 10.3. The topological polar surface area (TPSA) is 169 Å². The third-order valence-corrected chi connectivity index (χ3v) is 15.6. The largest absolute Gasteiger partial charge is 0.255 e. The predicted octanol–water partition coefficient (Wildman–Crippen LogP) is 0.809. The van der Waals surface area contributed by atoms with Gasteiger partial charge in [-0.25, -0.2) is 33.7 Å². The monoisotopic (exact) mass is 648 g/mol. The summed E-state index contributed by atoms with van der Waals surface area (Å²) < 4.78 is 112. The maximum Gasteiger partial charge on any atom is 0.245 e. The van der Waals surface area contributed by atoms with Gasteiger partial charge in [-0.3, -0.25) is 9.97 Å². The Bertz CT molecular complexity index is 2020. The van der Waals surface area contributed by atoms with Gasteiger partial charge in [0, 0.05) is 23.2 Å². The molecule has 0 aliphatic carbocycles. The highest BCUT2D eigenvalue weighted by Crippen LogP contribution is 2.44. The van der Waals surface area contributed by atoms with Crippen molar-refractivity contribution >= 4 is 61.5 Å². The number of hydrogen-bond acceptors (Lipinski definition) is 10. The van der Waals surface area contributed by atoms with Crippen molar-refractivity contribution in [1.82, 2.24) is 18.6 Å². The Labute approximate surface area is 242 Å². The zero-order valence-corrected chi connectivity index (χ0v) is 25.0. The van der Waals surface area contributed by atoms with Crippen molar-refractivity contribution in [3.8, 4) is 0 Å². The molecular formula is C26H24N4O8S4. The number of hydrogen-bond donors (Lipinski definition) is 0. The average Bonchev–Trinajstić information content (AvgIpc) is 3.42. The van der Waals surface area contributed by atoms with Crippen molar-refractivity contribution in [3.63, 3.8) is 0 Å². The van der Waals surface area contributed by atoms with E-state index in [4.69, 9.17) is 0 Å². The van der Waals surface area contributed by atoms with E-state index in [2.05, 4.69) is 9.97 Å². The number of para-hydroxylation sites is 2. The molecule has 3 fully saturated rings. The lowest BCUT2D eigenvalue weighted by molar-refractivity contribution is 0.0842. The van der Waals surface area contributed by atoms with E-state index < -0.39 is 86.9 Å². The Kier molecular flexibility index (Phi) is 6.11. The van der Waals surface area contributed by atoms with E-state index in [1.165, 1.54) is 36.7 Å². The number of pyridine rings is 2. The molecule has 4 atom stereocenters. The van der Waals surface area contributed by atoms with Crippen LogP contribution in [0.5, 0.6) is 0 Å². The number of rotatable bonds is 4. The Morgan fingerprint density at radius 3 is 1.24 bits per heavy atom. The van der Waals surface area contributed by atoms with Crippen LogP contribution in [0.4, 0.5) is 0 Å². The van der Waals surface area contributed by atoms with E-state index >= 15 is 0 Å². The van der Waals surface area contributed by atoms with Crippen LogP contribution in [0.1, 0.15) is 0 Å². The van der Waals surface area contributed by atoms with Gasteiger partial charge in [-0.2, -0.15) is 8.61 Å². The van der Waals surface area contributed by atoms with Crippen LogP contribution in [0.2, 0.25) is 0 Å². The van der Waals surface area contributed by atoms with Crippen molar-refractivity contribution in [2.24, 2.45) is 0 Å². The number of benzene rings is 2. The molecule has 3 aliphatic rings. The van der Waals surface area contributed by atoms with Crippen LogP contribution in [0.15, 0.2) is 82.8 Å². The van der Waals surface area contributed by atoms with Gasteiger partial charge in [0.05, 0.1) is 58.2 Å². The molecule has 220 valence electrons. The Hall–Kier alpha value is -3.02. The minimum atomic E-state index is -4.56. The number of sulfone groups is 2. The SMILES string of the molecule is O=S1(=O)C[C@@H]2[C@H](C1)N(S(=O)(=O)c1cccc3cccnc13)[C@@H]1CS(=O)(=O)C[C@@H]1N2S(=O)(=O)c1cccc2cccnc12. The van der Waals surface area contributed by atoms with E-state index in [0.717, 1.165) is 8.61 Å². The summed E-state index contributed by atoms with van der Waals surface area (Å²) in [6.45, 7) is 0. The molecular weight excluding hydrogens is 625 g/mol. The van der Waals surface area contributed by atoms with Crippen LogP contribution >= 0.6 is 0 Å². The van der Waals surface area contributed by atoms with E-state index in [9.17, 15) is 33.7 Å². The van der Waals surface area contributed by atoms with Crippen LogP contribution in [-0.2, 0) is 39.7 Å². The van der Waals surface area contributed by atoms with Gasteiger partial charge in [-0.05, 0) is 24.3 Å². The van der Waals surface area contributed by atoms with Crippen LogP contribution in [0, 0.1) is 0 Å². The summed E-state index contributed by atoms with van der Waals surface area (Å²) in [7, 11) is -16.9. The fraction of sp³-hybridized carbons (Fsp3) is 0.308. The maximum atomic E-state index is 14.4. The van der Waals surface area contributed by atoms with E-state index in [-0.39, 0.29) is 20.8 Å². The second-order valence-electron chi connectivity index (χ2n) is 10.8. The lowest BCUT2D eigenvalue weighted by Crippen LogP contribution is -2.69. The standard InChI is InChI=1S/C26H24N4O8S4/c31-39(32)13-19-21(15-39)30(42(37,38)24-10-2-6-18-8-4-12-28-26(18)24)22-16-40(33,34)14-20(22)29(19)41(35,36)23-9-1-5-17-7-3-11-27-25(17)23/h1-12,19-22H,13-16H2/t19-,20+,21+,22-. The van der Waals surface area contributed by atoms with Gasteiger partial charge in [0.15, 0.2) is 19.7 Å². The van der Waals surface area contributed by atoms with Crippen molar-refractivity contribution < 1.29 is 33.7 Å². The molecule has 2 aromatic heterocycles. The fourth-order valence-electron chi connectivity index (χ4n) is 6.59. The minimum Gasteiger partial charge on any atom is -0.255 e. The predicted molar refractivity (Wildman–Crippen MR) is 154 cm³/mol. The number of fused-ring (bicyclic) bond motifs is 4. The first-order chi connectivity index (χ1) is 19.8. The van der Waals surface area contributed by atoms with E-state index in [1.807, 2.05) is 0 Å². The number of sulfonamides is 2. The summed E-state index contributed by atoms with van der Waals surface area (Å²) in [5, 5.41) is 1.05. The molecule has 0 saturated carbocycles. The summed E-state index contributed by atoms with van der Waals surface area (Å²) in [4.78, 5) is 8.06. The quantitative estimate of drug-likeness (QED) is 0.309. The van der Waals surface area contributed by atoms with Gasteiger partial charge in [-0.1, -0.05) is 36.4 Å². The molecule has 7 rings (SSSR count). The van der Waals surface area contributed by atoms with Crippen molar-refractivity contribution in [3.05, 3.63) is 73.1 Å². The fourth-order valence-corrected chi connectivity index (χ4v) is 14.9. The number of nitrogens with zero attached hydrogens (tertiary/aromatic N) is 4. The summed E-state index contributed by atoms with van der Waals surface area (Å²) in [6.07, 6.45) is 2.85. The molecule has 0 unspecified atom stereocenters.